The number of thioether (sulfide) groups is 1. The summed E-state index contributed by atoms with van der Waals surface area (Å²) < 4.78 is 0. The van der Waals surface area contributed by atoms with Gasteiger partial charge >= 0.3 is 0 Å². The van der Waals surface area contributed by atoms with Crippen LogP contribution in [0.4, 0.5) is 11.4 Å². The third-order valence-electron chi connectivity index (χ3n) is 3.62. The van der Waals surface area contributed by atoms with Crippen molar-refractivity contribution >= 4 is 40.7 Å². The number of hydrogen-bond donors (Lipinski definition) is 0. The van der Waals surface area contributed by atoms with Gasteiger partial charge in [0.2, 0.25) is 0 Å². The summed E-state index contributed by atoms with van der Waals surface area (Å²) in [6.07, 6.45) is 1.14. The van der Waals surface area contributed by atoms with E-state index < -0.39 is 0 Å². The van der Waals surface area contributed by atoms with Crippen LogP contribution in [-0.4, -0.2) is 33.8 Å². The van der Waals surface area contributed by atoms with Crippen molar-refractivity contribution in [2.45, 2.75) is 33.2 Å². The molecule has 1 heterocycles. The van der Waals surface area contributed by atoms with Crippen molar-refractivity contribution in [2.24, 2.45) is 10.9 Å². The summed E-state index contributed by atoms with van der Waals surface area (Å²) in [5.74, 6) is 1.68. The number of aliphatic imine (C=N–C) groups is 1. The van der Waals surface area contributed by atoms with E-state index in [4.69, 9.17) is 0 Å². The topological polar surface area (TPSA) is 58.7 Å². The summed E-state index contributed by atoms with van der Waals surface area (Å²) in [6.45, 7) is 6.37. The Morgan fingerprint density at radius 3 is 2.77 bits per heavy atom. The first-order valence-electron chi connectivity index (χ1n) is 7.08. The van der Waals surface area contributed by atoms with Crippen LogP contribution in [0, 0.1) is 23.0 Å². The smallest absolute Gasteiger partial charge is 0.271 e. The summed E-state index contributed by atoms with van der Waals surface area (Å²) >= 11 is 1.72. The predicted molar refractivity (Wildman–Crippen MR) is 95.6 cm³/mol. The maximum absolute atomic E-state index is 10.9. The third kappa shape index (κ3) is 4.36. The van der Waals surface area contributed by atoms with E-state index in [0.29, 0.717) is 17.6 Å². The van der Waals surface area contributed by atoms with Crippen LogP contribution in [0.25, 0.3) is 0 Å². The van der Waals surface area contributed by atoms with Gasteiger partial charge in [-0.25, -0.2) is 4.99 Å². The van der Waals surface area contributed by atoms with Crippen molar-refractivity contribution < 1.29 is 4.92 Å². The molecular weight excluding hydrogens is 322 g/mol. The van der Waals surface area contributed by atoms with Crippen LogP contribution in [0.3, 0.4) is 0 Å². The number of nitrogens with zero attached hydrogens (tertiary/aromatic N) is 3. The highest BCUT2D eigenvalue weighted by Crippen LogP contribution is 2.31. The molecule has 0 bridgehead atoms. The second-order valence-corrected chi connectivity index (χ2v) is 6.81. The lowest BCUT2D eigenvalue weighted by Gasteiger charge is -2.22. The van der Waals surface area contributed by atoms with Crippen LogP contribution in [0.5, 0.6) is 0 Å². The van der Waals surface area contributed by atoms with Gasteiger partial charge in [-0.1, -0.05) is 31.7 Å². The van der Waals surface area contributed by atoms with Gasteiger partial charge in [-0.15, -0.1) is 12.4 Å². The van der Waals surface area contributed by atoms with Crippen molar-refractivity contribution in [1.29, 1.82) is 0 Å². The van der Waals surface area contributed by atoms with Gasteiger partial charge in [0.05, 0.1) is 10.6 Å². The molecule has 0 saturated carbocycles. The number of amidine groups is 1. The molecule has 2 rings (SSSR count). The number of non-ortho nitro benzene ring substituents is 1. The van der Waals surface area contributed by atoms with Crippen LogP contribution in [-0.2, 0) is 0 Å². The van der Waals surface area contributed by atoms with E-state index in [2.05, 4.69) is 30.8 Å². The van der Waals surface area contributed by atoms with Crippen molar-refractivity contribution in [3.05, 3.63) is 33.9 Å². The zero-order valence-electron chi connectivity index (χ0n) is 13.3. The Kier molecular flexibility index (Phi) is 6.68. The highest BCUT2D eigenvalue weighted by Gasteiger charge is 2.27. The molecule has 1 saturated heterocycles. The van der Waals surface area contributed by atoms with E-state index >= 15 is 0 Å². The van der Waals surface area contributed by atoms with Crippen LogP contribution in [0.15, 0.2) is 23.2 Å². The molecule has 1 aliphatic rings. The number of hydrogen-bond acceptors (Lipinski definition) is 4. The first-order valence-corrected chi connectivity index (χ1v) is 8.06. The van der Waals surface area contributed by atoms with Crippen LogP contribution in [0.2, 0.25) is 0 Å². The van der Waals surface area contributed by atoms with Crippen LogP contribution >= 0.6 is 24.2 Å². The largest absolute Gasteiger partial charge is 0.350 e. The van der Waals surface area contributed by atoms with Gasteiger partial charge in [-0.05, 0) is 24.8 Å². The highest BCUT2D eigenvalue weighted by molar-refractivity contribution is 8.14. The molecule has 0 amide bonds. The minimum absolute atomic E-state index is 0. The Bertz CT molecular complexity index is 578. The van der Waals surface area contributed by atoms with E-state index in [1.54, 1.807) is 23.9 Å². The van der Waals surface area contributed by atoms with Gasteiger partial charge < -0.3 is 4.90 Å². The molecule has 1 aromatic carbocycles. The number of aryl methyl sites for hydroxylation is 1. The van der Waals surface area contributed by atoms with E-state index in [9.17, 15) is 10.1 Å². The van der Waals surface area contributed by atoms with Gasteiger partial charge in [-0.3, -0.25) is 10.1 Å². The molecule has 0 aromatic heterocycles. The molecule has 7 heteroatoms. The average molecular weight is 344 g/mol. The maximum atomic E-state index is 10.9. The van der Waals surface area contributed by atoms with Crippen molar-refractivity contribution in [2.75, 3.05) is 12.8 Å². The highest BCUT2D eigenvalue weighted by atomic mass is 35.5. The second-order valence-electron chi connectivity index (χ2n) is 5.83. The van der Waals surface area contributed by atoms with Gasteiger partial charge in [0, 0.05) is 31.0 Å². The molecule has 1 fully saturated rings. The quantitative estimate of drug-likeness (QED) is 0.600. The van der Waals surface area contributed by atoms with E-state index in [0.717, 1.165) is 22.9 Å². The van der Waals surface area contributed by atoms with Gasteiger partial charge in [-0.2, -0.15) is 0 Å². The molecule has 0 radical (unpaired) electrons. The molecule has 0 unspecified atom stereocenters. The van der Waals surface area contributed by atoms with Crippen molar-refractivity contribution in [1.82, 2.24) is 4.90 Å². The molecule has 1 aliphatic heterocycles. The Morgan fingerprint density at radius 2 is 2.18 bits per heavy atom. The standard InChI is InChI=1S/C15H21N3O2S.ClH/c1-10(2)7-13-9-21-15(17(13)4)16-14-8-12(18(19)20)6-5-11(14)3;/h5-6,8,10,13H,7,9H2,1-4H3;1H/t13-;/m0./s1. The summed E-state index contributed by atoms with van der Waals surface area (Å²) in [7, 11) is 2.05. The van der Waals surface area contributed by atoms with Crippen molar-refractivity contribution in [3.63, 3.8) is 0 Å². The van der Waals surface area contributed by atoms with E-state index in [1.165, 1.54) is 6.07 Å². The predicted octanol–water partition coefficient (Wildman–Crippen LogP) is 4.41. The molecule has 0 spiro atoms. The molecule has 22 heavy (non-hydrogen) atoms. The van der Waals surface area contributed by atoms with E-state index in [1.807, 2.05) is 6.92 Å². The Morgan fingerprint density at radius 1 is 1.50 bits per heavy atom. The van der Waals surface area contributed by atoms with Crippen LogP contribution < -0.4 is 0 Å². The van der Waals surface area contributed by atoms with Crippen LogP contribution in [0.1, 0.15) is 25.8 Å². The number of halogens is 1. The zero-order chi connectivity index (χ0) is 15.6. The third-order valence-corrected chi connectivity index (χ3v) is 4.81. The Hall–Kier alpha value is -1.27. The van der Waals surface area contributed by atoms with Gasteiger partial charge in [0.15, 0.2) is 5.17 Å². The second kappa shape index (κ2) is 7.83. The van der Waals surface area contributed by atoms with Crippen molar-refractivity contribution in [3.8, 4) is 0 Å². The zero-order valence-corrected chi connectivity index (χ0v) is 14.9. The monoisotopic (exact) mass is 343 g/mol. The SMILES string of the molecule is Cc1ccc([N+](=O)[O-])cc1N=C1SC[C@H](CC(C)C)N1C.Cl. The molecule has 1 atom stereocenters. The number of rotatable bonds is 4. The molecule has 122 valence electrons. The Labute approximate surface area is 141 Å². The number of benzene rings is 1. The molecule has 0 aliphatic carbocycles. The fourth-order valence-electron chi connectivity index (χ4n) is 2.36. The van der Waals surface area contributed by atoms with Gasteiger partial charge in [0.25, 0.3) is 5.69 Å². The first-order chi connectivity index (χ1) is 9.88. The first kappa shape index (κ1) is 18.8. The summed E-state index contributed by atoms with van der Waals surface area (Å²) in [6, 6.07) is 5.31. The summed E-state index contributed by atoms with van der Waals surface area (Å²) in [4.78, 5) is 17.3. The Balaban J connectivity index is 0.00000242. The lowest BCUT2D eigenvalue weighted by atomic mass is 10.0. The summed E-state index contributed by atoms with van der Waals surface area (Å²) in [5.41, 5.74) is 1.72. The fraction of sp³-hybridized carbons (Fsp3) is 0.533. The maximum Gasteiger partial charge on any atom is 0.271 e. The minimum atomic E-state index is -0.379. The lowest BCUT2D eigenvalue weighted by Crippen LogP contribution is -2.30. The number of nitro groups is 1. The molecule has 0 N–H and O–H groups in total. The van der Waals surface area contributed by atoms with Gasteiger partial charge in [0.1, 0.15) is 0 Å². The lowest BCUT2D eigenvalue weighted by molar-refractivity contribution is -0.384. The fourth-order valence-corrected chi connectivity index (χ4v) is 3.57. The molecular formula is C15H22ClN3O2S. The van der Waals surface area contributed by atoms with E-state index in [-0.39, 0.29) is 23.0 Å². The number of nitro benzene ring substituents is 1. The average Bonchev–Trinajstić information content (AvgIpc) is 2.73. The summed E-state index contributed by atoms with van der Waals surface area (Å²) in [5, 5.41) is 11.8. The normalized spacial score (nSPS) is 19.6. The molecule has 1 aromatic rings. The minimum Gasteiger partial charge on any atom is -0.350 e. The molecule has 5 nitrogen and oxygen atoms in total.